The molecule has 2 N–H and O–H groups in total. The highest BCUT2D eigenvalue weighted by atomic mass is 16.6. The highest BCUT2D eigenvalue weighted by molar-refractivity contribution is 5.97. The SMILES string of the molecule is CCOC(=O)COc1ccc(/C=N\NC(=O)C(NC(=O)c2ccc(C)cc2)C(C)C)cc1OC. The fraction of sp³-hybridized carbons (Fsp3) is 0.360. The molecule has 0 aliphatic carbocycles. The number of benzene rings is 2. The van der Waals surface area contributed by atoms with Gasteiger partial charge in [0.1, 0.15) is 6.04 Å². The van der Waals surface area contributed by atoms with E-state index in [1.54, 1.807) is 37.3 Å². The Kier molecular flexibility index (Phi) is 10.1. The summed E-state index contributed by atoms with van der Waals surface area (Å²) >= 11 is 0. The van der Waals surface area contributed by atoms with Crippen LogP contribution in [-0.4, -0.2) is 50.4 Å². The van der Waals surface area contributed by atoms with Crippen LogP contribution in [-0.2, 0) is 14.3 Å². The van der Waals surface area contributed by atoms with Crippen molar-refractivity contribution in [3.63, 3.8) is 0 Å². The van der Waals surface area contributed by atoms with Crippen LogP contribution in [0.4, 0.5) is 0 Å². The number of amides is 2. The zero-order valence-electron chi connectivity index (χ0n) is 20.1. The number of nitrogens with one attached hydrogen (secondary N) is 2. The molecule has 0 bridgehead atoms. The number of hydrazone groups is 1. The number of rotatable bonds is 11. The lowest BCUT2D eigenvalue weighted by Gasteiger charge is -2.20. The molecule has 0 saturated carbocycles. The van der Waals surface area contributed by atoms with E-state index in [-0.39, 0.29) is 25.0 Å². The third-order valence-corrected chi connectivity index (χ3v) is 4.78. The van der Waals surface area contributed by atoms with Crippen molar-refractivity contribution in [2.75, 3.05) is 20.3 Å². The van der Waals surface area contributed by atoms with Crippen molar-refractivity contribution in [1.82, 2.24) is 10.7 Å². The van der Waals surface area contributed by atoms with Crippen LogP contribution in [0.3, 0.4) is 0 Å². The highest BCUT2D eigenvalue weighted by Crippen LogP contribution is 2.27. The summed E-state index contributed by atoms with van der Waals surface area (Å²) in [5, 5.41) is 6.75. The quantitative estimate of drug-likeness (QED) is 0.297. The summed E-state index contributed by atoms with van der Waals surface area (Å²) in [6, 6.07) is 11.3. The molecule has 0 spiro atoms. The monoisotopic (exact) mass is 469 g/mol. The molecular weight excluding hydrogens is 438 g/mol. The maximum Gasteiger partial charge on any atom is 0.344 e. The minimum Gasteiger partial charge on any atom is -0.493 e. The Labute approximate surface area is 199 Å². The third-order valence-electron chi connectivity index (χ3n) is 4.78. The predicted octanol–water partition coefficient (Wildman–Crippen LogP) is 2.85. The number of esters is 1. The number of carbonyl (C=O) groups is 3. The molecule has 1 atom stereocenters. The van der Waals surface area contributed by atoms with Gasteiger partial charge in [0.05, 0.1) is 19.9 Å². The van der Waals surface area contributed by atoms with E-state index >= 15 is 0 Å². The second-order valence-corrected chi connectivity index (χ2v) is 7.80. The fourth-order valence-electron chi connectivity index (χ4n) is 2.93. The predicted molar refractivity (Wildman–Crippen MR) is 128 cm³/mol. The van der Waals surface area contributed by atoms with Crippen LogP contribution in [0, 0.1) is 12.8 Å². The summed E-state index contributed by atoms with van der Waals surface area (Å²) < 4.78 is 15.6. The number of nitrogens with zero attached hydrogens (tertiary/aromatic N) is 1. The summed E-state index contributed by atoms with van der Waals surface area (Å²) in [5.74, 6) is -0.637. The molecule has 1 unspecified atom stereocenters. The van der Waals surface area contributed by atoms with Crippen LogP contribution in [0.1, 0.15) is 42.3 Å². The largest absolute Gasteiger partial charge is 0.493 e. The smallest absolute Gasteiger partial charge is 0.344 e. The molecule has 2 rings (SSSR count). The van der Waals surface area contributed by atoms with Crippen molar-refractivity contribution in [3.05, 3.63) is 59.2 Å². The maximum absolute atomic E-state index is 12.6. The van der Waals surface area contributed by atoms with Gasteiger partial charge in [0.2, 0.25) is 0 Å². The Morgan fingerprint density at radius 1 is 1.06 bits per heavy atom. The van der Waals surface area contributed by atoms with Gasteiger partial charge in [0, 0.05) is 5.56 Å². The minimum absolute atomic E-state index is 0.152. The van der Waals surface area contributed by atoms with Gasteiger partial charge in [-0.05, 0) is 55.7 Å². The number of aryl methyl sites for hydroxylation is 1. The Hall–Kier alpha value is -3.88. The molecule has 2 amide bonds. The molecule has 182 valence electrons. The second kappa shape index (κ2) is 13.0. The van der Waals surface area contributed by atoms with Gasteiger partial charge in [0.15, 0.2) is 18.1 Å². The van der Waals surface area contributed by atoms with Gasteiger partial charge in [-0.25, -0.2) is 10.2 Å². The standard InChI is InChI=1S/C25H31N3O6/c1-6-33-22(29)15-34-20-12-9-18(13-21(20)32-5)14-26-28-25(31)23(16(2)3)27-24(30)19-10-7-17(4)8-11-19/h7-14,16,23H,6,15H2,1-5H3,(H,27,30)(H,28,31)/b26-14-. The van der Waals surface area contributed by atoms with Crippen molar-refractivity contribution >= 4 is 24.0 Å². The summed E-state index contributed by atoms with van der Waals surface area (Å²) in [4.78, 5) is 36.6. The van der Waals surface area contributed by atoms with E-state index in [1.165, 1.54) is 13.3 Å². The van der Waals surface area contributed by atoms with E-state index in [4.69, 9.17) is 14.2 Å². The van der Waals surface area contributed by atoms with Crippen LogP contribution in [0.15, 0.2) is 47.6 Å². The first kappa shape index (κ1) is 26.4. The minimum atomic E-state index is -0.765. The lowest BCUT2D eigenvalue weighted by molar-refractivity contribution is -0.145. The van der Waals surface area contributed by atoms with Crippen LogP contribution in [0.5, 0.6) is 11.5 Å². The van der Waals surface area contributed by atoms with Crippen molar-refractivity contribution in [3.8, 4) is 11.5 Å². The lowest BCUT2D eigenvalue weighted by Crippen LogP contribution is -2.48. The molecule has 0 aliphatic rings. The number of hydrogen-bond acceptors (Lipinski definition) is 7. The van der Waals surface area contributed by atoms with Gasteiger partial charge in [-0.3, -0.25) is 9.59 Å². The topological polar surface area (TPSA) is 115 Å². The van der Waals surface area contributed by atoms with Gasteiger partial charge in [-0.2, -0.15) is 5.10 Å². The zero-order chi connectivity index (χ0) is 25.1. The molecule has 0 saturated heterocycles. The second-order valence-electron chi connectivity index (χ2n) is 7.80. The molecule has 0 heterocycles. The maximum atomic E-state index is 12.6. The molecule has 2 aromatic carbocycles. The van der Waals surface area contributed by atoms with E-state index in [2.05, 4.69) is 15.8 Å². The first-order chi connectivity index (χ1) is 16.2. The number of methoxy groups -OCH3 is 1. The number of ether oxygens (including phenoxy) is 3. The Morgan fingerprint density at radius 3 is 2.38 bits per heavy atom. The van der Waals surface area contributed by atoms with E-state index < -0.39 is 17.9 Å². The van der Waals surface area contributed by atoms with Gasteiger partial charge in [-0.15, -0.1) is 0 Å². The summed E-state index contributed by atoms with van der Waals surface area (Å²) in [6.45, 7) is 7.36. The summed E-state index contributed by atoms with van der Waals surface area (Å²) in [6.07, 6.45) is 1.44. The summed E-state index contributed by atoms with van der Waals surface area (Å²) in [7, 11) is 1.47. The Balaban J connectivity index is 2.00. The molecule has 0 fully saturated rings. The van der Waals surface area contributed by atoms with Crippen LogP contribution >= 0.6 is 0 Å². The van der Waals surface area contributed by atoms with Crippen LogP contribution in [0.25, 0.3) is 0 Å². The average Bonchev–Trinajstić information content (AvgIpc) is 2.81. The molecule has 0 aromatic heterocycles. The molecule has 2 aromatic rings. The molecule has 9 heteroatoms. The molecular formula is C25H31N3O6. The molecule has 0 aliphatic heterocycles. The van der Waals surface area contributed by atoms with Crippen molar-refractivity contribution in [2.24, 2.45) is 11.0 Å². The highest BCUT2D eigenvalue weighted by Gasteiger charge is 2.24. The Morgan fingerprint density at radius 2 is 1.76 bits per heavy atom. The normalized spacial score (nSPS) is 11.7. The van der Waals surface area contributed by atoms with E-state index in [0.29, 0.717) is 22.6 Å². The third kappa shape index (κ3) is 7.91. The summed E-state index contributed by atoms with van der Waals surface area (Å²) in [5.41, 5.74) is 4.62. The van der Waals surface area contributed by atoms with E-state index in [0.717, 1.165) is 5.56 Å². The van der Waals surface area contributed by atoms with Crippen LogP contribution in [0.2, 0.25) is 0 Å². The van der Waals surface area contributed by atoms with Gasteiger partial charge < -0.3 is 19.5 Å². The molecule has 9 nitrogen and oxygen atoms in total. The Bertz CT molecular complexity index is 1020. The van der Waals surface area contributed by atoms with E-state index in [1.807, 2.05) is 32.9 Å². The van der Waals surface area contributed by atoms with E-state index in [9.17, 15) is 14.4 Å². The fourth-order valence-corrected chi connectivity index (χ4v) is 2.93. The number of hydrogen-bond donors (Lipinski definition) is 2. The first-order valence-corrected chi connectivity index (χ1v) is 10.9. The average molecular weight is 470 g/mol. The van der Waals surface area contributed by atoms with Crippen molar-refractivity contribution in [1.29, 1.82) is 0 Å². The van der Waals surface area contributed by atoms with Crippen molar-refractivity contribution in [2.45, 2.75) is 33.7 Å². The number of carbonyl (C=O) groups excluding carboxylic acids is 3. The van der Waals surface area contributed by atoms with Gasteiger partial charge in [-0.1, -0.05) is 31.5 Å². The molecule has 0 radical (unpaired) electrons. The molecule has 34 heavy (non-hydrogen) atoms. The van der Waals surface area contributed by atoms with Crippen LogP contribution < -0.4 is 20.2 Å². The first-order valence-electron chi connectivity index (χ1n) is 10.9. The zero-order valence-corrected chi connectivity index (χ0v) is 20.1. The lowest BCUT2D eigenvalue weighted by atomic mass is 10.0. The van der Waals surface area contributed by atoms with Gasteiger partial charge in [0.25, 0.3) is 11.8 Å². The van der Waals surface area contributed by atoms with Gasteiger partial charge >= 0.3 is 5.97 Å². The van der Waals surface area contributed by atoms with Crippen molar-refractivity contribution < 1.29 is 28.6 Å².